The summed E-state index contributed by atoms with van der Waals surface area (Å²) in [4.78, 5) is 5.71. The van der Waals surface area contributed by atoms with E-state index in [0.29, 0.717) is 10.5 Å². The first-order valence-electron chi connectivity index (χ1n) is 13.8. The smallest absolute Gasteiger partial charge is 0.0320 e. The number of hydrogen-bond donors (Lipinski definition) is 0. The molecule has 4 aromatic carbocycles. The first kappa shape index (κ1) is 27.9. The van der Waals surface area contributed by atoms with Crippen LogP contribution in [0.3, 0.4) is 0 Å². The molecule has 2 atom stereocenters. The van der Waals surface area contributed by atoms with Crippen LogP contribution in [0.15, 0.2) is 97.1 Å². The third-order valence-corrected chi connectivity index (χ3v) is 13.7. The van der Waals surface area contributed by atoms with Crippen LogP contribution in [0.25, 0.3) is 19.6 Å². The molecule has 2 aliphatic heterocycles. The summed E-state index contributed by atoms with van der Waals surface area (Å²) in [5.74, 6) is 2.25. The van der Waals surface area contributed by atoms with E-state index in [1.807, 2.05) is 23.5 Å². The van der Waals surface area contributed by atoms with Gasteiger partial charge in [0.15, 0.2) is 0 Å². The zero-order valence-electron chi connectivity index (χ0n) is 23.4. The van der Waals surface area contributed by atoms with Gasteiger partial charge in [-0.25, -0.2) is 0 Å². The predicted molar refractivity (Wildman–Crippen MR) is 186 cm³/mol. The Bertz CT molecular complexity index is 1420. The van der Waals surface area contributed by atoms with Crippen molar-refractivity contribution in [1.82, 2.24) is 0 Å². The molecule has 0 N–H and O–H groups in total. The molecule has 0 aliphatic carbocycles. The molecule has 2 heterocycles. The third kappa shape index (κ3) is 6.16. The summed E-state index contributed by atoms with van der Waals surface area (Å²) in [6.07, 6.45) is 0. The molecule has 0 amide bonds. The Hall–Kier alpha value is -2.24. The number of hydrogen-bond acceptors (Lipinski definition) is 4. The normalized spacial score (nSPS) is 19.7. The molecule has 0 saturated carbocycles. The largest absolute Gasteiger partial charge is 0.123 e. The van der Waals surface area contributed by atoms with Gasteiger partial charge in [0.2, 0.25) is 0 Å². The highest BCUT2D eigenvalue weighted by atomic mass is 32.2. The van der Waals surface area contributed by atoms with E-state index in [2.05, 4.69) is 148 Å². The maximum Gasteiger partial charge on any atom is 0.0320 e. The maximum absolute atomic E-state index is 2.31. The van der Waals surface area contributed by atoms with Crippen LogP contribution in [-0.2, 0) is 0 Å². The second-order valence-corrected chi connectivity index (χ2v) is 15.3. The standard InChI is InChI=1S/C36H34S4/c1-23-5-13-27(14-6-23)33-35(29-17-9-25(3)10-18-29)39-31(21-37-33)32-22-38-34(28-15-7-24(2)8-16-28)36(40-32)30-19-11-26(4)12-20-30/h5-20,31-32H,21-22H2,1-4H3. The summed E-state index contributed by atoms with van der Waals surface area (Å²) < 4.78 is 0. The van der Waals surface area contributed by atoms with Crippen molar-refractivity contribution in [2.45, 2.75) is 38.2 Å². The lowest BCUT2D eigenvalue weighted by atomic mass is 10.1. The van der Waals surface area contributed by atoms with Gasteiger partial charge in [-0.1, -0.05) is 119 Å². The van der Waals surface area contributed by atoms with Crippen LogP contribution in [0, 0.1) is 27.7 Å². The summed E-state index contributed by atoms with van der Waals surface area (Å²) in [6.45, 7) is 8.68. The van der Waals surface area contributed by atoms with E-state index in [1.54, 1.807) is 0 Å². The van der Waals surface area contributed by atoms with Crippen LogP contribution in [0.2, 0.25) is 0 Å². The predicted octanol–water partition coefficient (Wildman–Crippen LogP) is 11.0. The molecule has 0 aromatic heterocycles. The van der Waals surface area contributed by atoms with Gasteiger partial charge in [-0.15, -0.1) is 47.0 Å². The van der Waals surface area contributed by atoms with Crippen molar-refractivity contribution in [3.63, 3.8) is 0 Å². The number of benzene rings is 4. The monoisotopic (exact) mass is 594 g/mol. The lowest BCUT2D eigenvalue weighted by Gasteiger charge is -2.35. The highest BCUT2D eigenvalue weighted by Crippen LogP contribution is 2.56. The molecule has 6 rings (SSSR count). The van der Waals surface area contributed by atoms with Crippen LogP contribution in [0.5, 0.6) is 0 Å². The fourth-order valence-electron chi connectivity index (χ4n) is 4.95. The summed E-state index contributed by atoms with van der Waals surface area (Å²) in [7, 11) is 0. The van der Waals surface area contributed by atoms with Gasteiger partial charge < -0.3 is 0 Å². The molecule has 0 fully saturated rings. The van der Waals surface area contributed by atoms with Crippen LogP contribution >= 0.6 is 47.0 Å². The molecule has 0 nitrogen and oxygen atoms in total. The van der Waals surface area contributed by atoms with Crippen LogP contribution in [-0.4, -0.2) is 22.0 Å². The molecule has 0 radical (unpaired) electrons. The molecule has 0 bridgehead atoms. The number of aryl methyl sites for hydroxylation is 4. The van der Waals surface area contributed by atoms with Crippen molar-refractivity contribution in [2.24, 2.45) is 0 Å². The Morgan fingerprint density at radius 3 is 0.900 bits per heavy atom. The third-order valence-electron chi connectivity index (χ3n) is 7.40. The first-order chi connectivity index (χ1) is 19.4. The Balaban J connectivity index is 1.35. The topological polar surface area (TPSA) is 0 Å². The minimum Gasteiger partial charge on any atom is -0.123 e. The lowest BCUT2D eigenvalue weighted by molar-refractivity contribution is 0.958. The summed E-state index contributed by atoms with van der Waals surface area (Å²) in [5.41, 5.74) is 10.6. The van der Waals surface area contributed by atoms with Gasteiger partial charge in [0.1, 0.15) is 0 Å². The van der Waals surface area contributed by atoms with Crippen LogP contribution in [0.1, 0.15) is 44.5 Å². The van der Waals surface area contributed by atoms with Crippen molar-refractivity contribution in [2.75, 3.05) is 11.5 Å². The van der Waals surface area contributed by atoms with Gasteiger partial charge in [-0.3, -0.25) is 0 Å². The minimum atomic E-state index is 0.535. The summed E-state index contributed by atoms with van der Waals surface area (Å²) in [5, 5.41) is 1.07. The van der Waals surface area contributed by atoms with Gasteiger partial charge in [-0.2, -0.15) is 0 Å². The Kier molecular flexibility index (Phi) is 8.60. The summed E-state index contributed by atoms with van der Waals surface area (Å²) in [6, 6.07) is 36.4. The molecule has 0 saturated heterocycles. The molecular formula is C36H34S4. The van der Waals surface area contributed by atoms with Gasteiger partial charge in [0, 0.05) is 41.6 Å². The lowest BCUT2D eigenvalue weighted by Crippen LogP contribution is -2.28. The van der Waals surface area contributed by atoms with E-state index in [0.717, 1.165) is 11.5 Å². The molecule has 2 unspecified atom stereocenters. The average molecular weight is 595 g/mol. The molecule has 0 spiro atoms. The van der Waals surface area contributed by atoms with Gasteiger partial charge in [0.05, 0.1) is 0 Å². The average Bonchev–Trinajstić information content (AvgIpc) is 2.98. The molecule has 2 aliphatic rings. The van der Waals surface area contributed by atoms with Gasteiger partial charge in [-0.05, 0) is 49.9 Å². The van der Waals surface area contributed by atoms with E-state index in [-0.39, 0.29) is 0 Å². The molecular weight excluding hydrogens is 561 g/mol. The van der Waals surface area contributed by atoms with Gasteiger partial charge >= 0.3 is 0 Å². The second-order valence-electron chi connectivity index (χ2n) is 10.7. The summed E-state index contributed by atoms with van der Waals surface area (Å²) >= 11 is 8.31. The van der Waals surface area contributed by atoms with Crippen molar-refractivity contribution < 1.29 is 0 Å². The maximum atomic E-state index is 2.31. The Morgan fingerprint density at radius 1 is 0.375 bits per heavy atom. The van der Waals surface area contributed by atoms with E-state index in [1.165, 1.54) is 64.1 Å². The SMILES string of the molecule is Cc1ccc(C2=C(c3ccc(C)cc3)SC(C3CSC(c4ccc(C)cc4)=C(c4ccc(C)cc4)S3)CS2)cc1. The molecule has 40 heavy (non-hydrogen) atoms. The fourth-order valence-corrected chi connectivity index (χ4v) is 11.5. The van der Waals surface area contributed by atoms with E-state index in [4.69, 9.17) is 0 Å². The Morgan fingerprint density at radius 2 is 0.625 bits per heavy atom. The van der Waals surface area contributed by atoms with Crippen LogP contribution < -0.4 is 0 Å². The first-order valence-corrected chi connectivity index (χ1v) is 17.5. The Labute approximate surface area is 256 Å². The van der Waals surface area contributed by atoms with Gasteiger partial charge in [0.25, 0.3) is 0 Å². The molecule has 4 aromatic rings. The highest BCUT2D eigenvalue weighted by Gasteiger charge is 2.35. The highest BCUT2D eigenvalue weighted by molar-refractivity contribution is 8.20. The van der Waals surface area contributed by atoms with Crippen molar-refractivity contribution >= 4 is 66.7 Å². The van der Waals surface area contributed by atoms with Crippen molar-refractivity contribution in [1.29, 1.82) is 0 Å². The molecule has 4 heteroatoms. The van der Waals surface area contributed by atoms with E-state index < -0.39 is 0 Å². The van der Waals surface area contributed by atoms with Crippen molar-refractivity contribution in [3.05, 3.63) is 142 Å². The fraction of sp³-hybridized carbons (Fsp3) is 0.222. The zero-order chi connectivity index (χ0) is 27.6. The zero-order valence-corrected chi connectivity index (χ0v) is 26.7. The van der Waals surface area contributed by atoms with E-state index in [9.17, 15) is 0 Å². The quantitative estimate of drug-likeness (QED) is 0.225. The van der Waals surface area contributed by atoms with Crippen molar-refractivity contribution in [3.8, 4) is 0 Å². The molecule has 202 valence electrons. The second kappa shape index (κ2) is 12.3. The minimum absolute atomic E-state index is 0.535. The number of thioether (sulfide) groups is 4. The van der Waals surface area contributed by atoms with Crippen LogP contribution in [0.4, 0.5) is 0 Å². The number of rotatable bonds is 5. The van der Waals surface area contributed by atoms with E-state index >= 15 is 0 Å².